The van der Waals surface area contributed by atoms with Gasteiger partial charge in [0.25, 0.3) is 0 Å². The lowest BCUT2D eigenvalue weighted by Gasteiger charge is -2.11. The maximum Gasteiger partial charge on any atom is 0.0480 e. The lowest BCUT2D eigenvalue weighted by molar-refractivity contribution is 0.214. The van der Waals surface area contributed by atoms with Gasteiger partial charge in [-0.3, -0.25) is 0 Å². The number of aliphatic hydroxyl groups excluding tert-OH is 1. The zero-order valence-corrected chi connectivity index (χ0v) is 8.79. The van der Waals surface area contributed by atoms with Gasteiger partial charge in [0.05, 0.1) is 0 Å². The smallest absolute Gasteiger partial charge is 0.0480 e. The van der Waals surface area contributed by atoms with Crippen molar-refractivity contribution in [3.63, 3.8) is 0 Å². The largest absolute Gasteiger partial charge is 0.396 e. The fourth-order valence-electron chi connectivity index (χ4n) is 1.92. The Morgan fingerprint density at radius 2 is 2.31 bits per heavy atom. The Morgan fingerprint density at radius 1 is 1.54 bits per heavy atom. The van der Waals surface area contributed by atoms with Gasteiger partial charge in [-0.15, -0.1) is 0 Å². The van der Waals surface area contributed by atoms with Crippen LogP contribution in [0, 0.1) is 5.92 Å². The van der Waals surface area contributed by atoms with E-state index < -0.39 is 0 Å². The molecule has 0 aromatic heterocycles. The summed E-state index contributed by atoms with van der Waals surface area (Å²) in [5, 5.41) is 9.10. The minimum Gasteiger partial charge on any atom is -0.396 e. The molecule has 70 valence electrons. The Bertz CT molecular complexity index is 327. The van der Waals surface area contributed by atoms with Crippen molar-refractivity contribution in [2.24, 2.45) is 11.7 Å². The van der Waals surface area contributed by atoms with Crippen molar-refractivity contribution in [1.82, 2.24) is 0 Å². The molecule has 0 heterocycles. The van der Waals surface area contributed by atoms with Gasteiger partial charge in [0.15, 0.2) is 0 Å². The Balaban J connectivity index is 2.43. The van der Waals surface area contributed by atoms with Gasteiger partial charge >= 0.3 is 0 Å². The Labute approximate surface area is 85.9 Å². The highest BCUT2D eigenvalue weighted by Gasteiger charge is 2.29. The number of hydrogen-bond acceptors (Lipinski definition) is 2. The van der Waals surface area contributed by atoms with E-state index in [4.69, 9.17) is 10.8 Å². The number of halogens is 1. The number of hydrogen-bond donors (Lipinski definition) is 2. The van der Waals surface area contributed by atoms with E-state index in [-0.39, 0.29) is 18.6 Å². The Hall–Kier alpha value is -0.380. The third-order valence-corrected chi connectivity index (χ3v) is 3.47. The van der Waals surface area contributed by atoms with Crippen LogP contribution in [0.3, 0.4) is 0 Å². The average molecular weight is 242 g/mol. The van der Waals surface area contributed by atoms with Gasteiger partial charge in [-0.25, -0.2) is 0 Å². The molecule has 13 heavy (non-hydrogen) atoms. The quantitative estimate of drug-likeness (QED) is 0.785. The van der Waals surface area contributed by atoms with Gasteiger partial charge in [-0.2, -0.15) is 0 Å². The summed E-state index contributed by atoms with van der Waals surface area (Å²) in [7, 11) is 0. The van der Waals surface area contributed by atoms with E-state index in [9.17, 15) is 0 Å². The first-order valence-corrected chi connectivity index (χ1v) is 5.17. The zero-order valence-electron chi connectivity index (χ0n) is 7.20. The van der Waals surface area contributed by atoms with E-state index in [0.29, 0.717) is 0 Å². The second-order valence-corrected chi connectivity index (χ2v) is 4.33. The molecule has 0 amide bonds. The van der Waals surface area contributed by atoms with Gasteiger partial charge < -0.3 is 10.8 Å². The van der Waals surface area contributed by atoms with Gasteiger partial charge in [0, 0.05) is 23.0 Å². The molecule has 0 radical (unpaired) electrons. The Kier molecular flexibility index (Phi) is 2.41. The minimum absolute atomic E-state index is 0.00231. The molecule has 0 saturated carbocycles. The predicted molar refractivity (Wildman–Crippen MR) is 55.4 cm³/mol. The van der Waals surface area contributed by atoms with Crippen molar-refractivity contribution in [2.45, 2.75) is 12.5 Å². The summed E-state index contributed by atoms with van der Waals surface area (Å²) in [6.07, 6.45) is 0.883. The standard InChI is InChI=1S/C10H12BrNO/c11-9-3-1-2-7-8(9)4-6(5-13)10(7)12/h1-3,6,10,13H,4-5,12H2. The van der Waals surface area contributed by atoms with Crippen LogP contribution in [0.2, 0.25) is 0 Å². The molecule has 1 aliphatic carbocycles. The molecule has 2 atom stereocenters. The molecule has 0 fully saturated rings. The SMILES string of the molecule is NC1c2cccc(Br)c2CC1CO. The van der Waals surface area contributed by atoms with Gasteiger partial charge in [-0.05, 0) is 23.6 Å². The number of benzene rings is 1. The minimum atomic E-state index is -0.00231. The number of rotatable bonds is 1. The van der Waals surface area contributed by atoms with E-state index in [2.05, 4.69) is 15.9 Å². The van der Waals surface area contributed by atoms with Crippen LogP contribution in [-0.2, 0) is 6.42 Å². The third kappa shape index (κ3) is 1.41. The zero-order chi connectivity index (χ0) is 9.42. The van der Waals surface area contributed by atoms with Gasteiger partial charge in [0.2, 0.25) is 0 Å². The van der Waals surface area contributed by atoms with Gasteiger partial charge in [-0.1, -0.05) is 28.1 Å². The molecule has 1 aromatic carbocycles. The molecule has 2 nitrogen and oxygen atoms in total. The monoisotopic (exact) mass is 241 g/mol. The number of aliphatic hydroxyl groups is 1. The highest BCUT2D eigenvalue weighted by atomic mass is 79.9. The summed E-state index contributed by atoms with van der Waals surface area (Å²) < 4.78 is 1.11. The van der Waals surface area contributed by atoms with E-state index in [1.165, 1.54) is 11.1 Å². The molecular formula is C10H12BrNO. The van der Waals surface area contributed by atoms with Crippen LogP contribution in [0.5, 0.6) is 0 Å². The second kappa shape index (κ2) is 3.40. The lowest BCUT2D eigenvalue weighted by Crippen LogP contribution is -2.19. The highest BCUT2D eigenvalue weighted by Crippen LogP contribution is 2.37. The summed E-state index contributed by atoms with van der Waals surface area (Å²) >= 11 is 3.49. The third-order valence-electron chi connectivity index (χ3n) is 2.72. The molecule has 2 rings (SSSR count). The molecule has 1 aliphatic rings. The van der Waals surface area contributed by atoms with Crippen molar-refractivity contribution >= 4 is 15.9 Å². The van der Waals surface area contributed by atoms with Crippen LogP contribution in [0.15, 0.2) is 22.7 Å². The van der Waals surface area contributed by atoms with E-state index >= 15 is 0 Å². The summed E-state index contributed by atoms with van der Waals surface area (Å²) in [5.74, 6) is 0.189. The predicted octanol–water partition coefficient (Wildman–Crippen LogP) is 1.61. The van der Waals surface area contributed by atoms with Crippen LogP contribution in [0.25, 0.3) is 0 Å². The first-order valence-electron chi connectivity index (χ1n) is 4.37. The topological polar surface area (TPSA) is 46.2 Å². The summed E-state index contributed by atoms with van der Waals surface area (Å²) in [5.41, 5.74) is 8.42. The summed E-state index contributed by atoms with van der Waals surface area (Å²) in [6, 6.07) is 6.05. The van der Waals surface area contributed by atoms with Crippen LogP contribution in [-0.4, -0.2) is 11.7 Å². The van der Waals surface area contributed by atoms with Crippen LogP contribution in [0.1, 0.15) is 17.2 Å². The van der Waals surface area contributed by atoms with E-state index in [1.54, 1.807) is 0 Å². The van der Waals surface area contributed by atoms with E-state index in [0.717, 1.165) is 10.9 Å². The number of nitrogens with two attached hydrogens (primary N) is 1. The molecule has 0 spiro atoms. The fraction of sp³-hybridized carbons (Fsp3) is 0.400. The van der Waals surface area contributed by atoms with Crippen LogP contribution in [0.4, 0.5) is 0 Å². The molecule has 0 bridgehead atoms. The van der Waals surface area contributed by atoms with E-state index in [1.807, 2.05) is 18.2 Å². The molecule has 2 unspecified atom stereocenters. The van der Waals surface area contributed by atoms with Crippen molar-refractivity contribution in [3.05, 3.63) is 33.8 Å². The van der Waals surface area contributed by atoms with Crippen molar-refractivity contribution in [2.75, 3.05) is 6.61 Å². The molecule has 3 N–H and O–H groups in total. The molecule has 3 heteroatoms. The van der Waals surface area contributed by atoms with Crippen LogP contribution >= 0.6 is 15.9 Å². The lowest BCUT2D eigenvalue weighted by atomic mass is 10.0. The molecule has 0 saturated heterocycles. The van der Waals surface area contributed by atoms with Gasteiger partial charge in [0.1, 0.15) is 0 Å². The maximum absolute atomic E-state index is 9.10. The van der Waals surface area contributed by atoms with Crippen molar-refractivity contribution < 1.29 is 5.11 Å². The average Bonchev–Trinajstić information content (AvgIpc) is 2.45. The molecule has 1 aromatic rings. The molecule has 0 aliphatic heterocycles. The highest BCUT2D eigenvalue weighted by molar-refractivity contribution is 9.10. The molecular weight excluding hydrogens is 230 g/mol. The maximum atomic E-state index is 9.10. The Morgan fingerprint density at radius 3 is 2.92 bits per heavy atom. The normalized spacial score (nSPS) is 26.1. The van der Waals surface area contributed by atoms with Crippen LogP contribution < -0.4 is 5.73 Å². The first-order chi connectivity index (χ1) is 6.24. The van der Waals surface area contributed by atoms with Crippen molar-refractivity contribution in [3.8, 4) is 0 Å². The summed E-state index contributed by atoms with van der Waals surface area (Å²) in [6.45, 7) is 0.169. The first kappa shape index (κ1) is 9.19. The fourth-order valence-corrected chi connectivity index (χ4v) is 2.47. The number of fused-ring (bicyclic) bond motifs is 1. The second-order valence-electron chi connectivity index (χ2n) is 3.48. The van der Waals surface area contributed by atoms with Crippen molar-refractivity contribution in [1.29, 1.82) is 0 Å². The summed E-state index contributed by atoms with van der Waals surface area (Å²) in [4.78, 5) is 0.